The van der Waals surface area contributed by atoms with Crippen molar-refractivity contribution >= 4 is 16.7 Å². The van der Waals surface area contributed by atoms with E-state index in [0.29, 0.717) is 42.4 Å². The second-order valence-electron chi connectivity index (χ2n) is 8.84. The number of nitrogens with two attached hydrogens (primary N) is 1. The summed E-state index contributed by atoms with van der Waals surface area (Å²) in [6.45, 7) is 1.32. The van der Waals surface area contributed by atoms with Gasteiger partial charge in [0.25, 0.3) is 11.5 Å². The molecule has 3 unspecified atom stereocenters. The first kappa shape index (κ1) is 19.9. The maximum Gasteiger partial charge on any atom is 0.272 e. The Morgan fingerprint density at radius 1 is 1.13 bits per heavy atom. The van der Waals surface area contributed by atoms with Crippen molar-refractivity contribution in [3.63, 3.8) is 0 Å². The number of nitrogens with zero attached hydrogens (tertiary/aromatic N) is 2. The van der Waals surface area contributed by atoms with Crippen LogP contribution in [0.4, 0.5) is 4.39 Å². The van der Waals surface area contributed by atoms with Crippen molar-refractivity contribution in [1.82, 2.24) is 15.1 Å². The Morgan fingerprint density at radius 2 is 1.90 bits per heavy atom. The normalized spacial score (nSPS) is 23.2. The van der Waals surface area contributed by atoms with Crippen LogP contribution in [0, 0.1) is 17.7 Å². The van der Waals surface area contributed by atoms with E-state index in [4.69, 9.17) is 5.73 Å². The average Bonchev–Trinajstić information content (AvgIpc) is 3.20. The van der Waals surface area contributed by atoms with Gasteiger partial charge in [0, 0.05) is 30.9 Å². The van der Waals surface area contributed by atoms with Gasteiger partial charge in [-0.15, -0.1) is 0 Å². The zero-order chi connectivity index (χ0) is 21.5. The summed E-state index contributed by atoms with van der Waals surface area (Å²) in [6, 6.07) is 12.1. The van der Waals surface area contributed by atoms with Gasteiger partial charge in [0.15, 0.2) is 0 Å². The predicted octanol–water partition coefficient (Wildman–Crippen LogP) is 2.85. The number of likely N-dealkylation sites (tertiary alicyclic amines) is 1. The molecular weight excluding hydrogens is 395 g/mol. The standard InChI is InChI=1S/C24H25FN4O2/c25-21-8-5-14(10-22-18-3-1-2-4-19(18)23(30)28-27-22)9-20(21)24(31)29-12-15-6-7-17(26)11-16(15)13-29/h1-5,8-9,15-17H,6-7,10-13,26H2,(H,28,30). The Bertz CT molecular complexity index is 1210. The van der Waals surface area contributed by atoms with Crippen LogP contribution in [0.3, 0.4) is 0 Å². The minimum atomic E-state index is -0.514. The van der Waals surface area contributed by atoms with Crippen LogP contribution in [0.1, 0.15) is 40.9 Å². The summed E-state index contributed by atoms with van der Waals surface area (Å²) >= 11 is 0. The van der Waals surface area contributed by atoms with Crippen molar-refractivity contribution in [3.8, 4) is 0 Å². The van der Waals surface area contributed by atoms with Crippen molar-refractivity contribution in [2.75, 3.05) is 13.1 Å². The lowest BCUT2D eigenvalue weighted by atomic mass is 9.79. The van der Waals surface area contributed by atoms with Gasteiger partial charge in [-0.25, -0.2) is 9.49 Å². The molecule has 1 aliphatic heterocycles. The maximum atomic E-state index is 14.6. The molecule has 2 aromatic carbocycles. The lowest BCUT2D eigenvalue weighted by Gasteiger charge is -2.27. The molecule has 2 heterocycles. The van der Waals surface area contributed by atoms with Crippen LogP contribution in [0.25, 0.3) is 10.8 Å². The molecular formula is C24H25FN4O2. The summed E-state index contributed by atoms with van der Waals surface area (Å²) in [5, 5.41) is 8.03. The monoisotopic (exact) mass is 420 g/mol. The summed E-state index contributed by atoms with van der Waals surface area (Å²) < 4.78 is 14.6. The molecule has 3 aromatic rings. The van der Waals surface area contributed by atoms with Crippen LogP contribution in [-0.4, -0.2) is 40.1 Å². The second kappa shape index (κ2) is 7.89. The Labute approximate surface area is 179 Å². The van der Waals surface area contributed by atoms with Gasteiger partial charge >= 0.3 is 0 Å². The van der Waals surface area contributed by atoms with Crippen LogP contribution < -0.4 is 11.3 Å². The zero-order valence-electron chi connectivity index (χ0n) is 17.2. The fraction of sp³-hybridized carbons (Fsp3) is 0.375. The van der Waals surface area contributed by atoms with Gasteiger partial charge in [-0.1, -0.05) is 24.3 Å². The van der Waals surface area contributed by atoms with E-state index in [0.717, 1.165) is 30.2 Å². The first-order valence-electron chi connectivity index (χ1n) is 10.8. The first-order valence-corrected chi connectivity index (χ1v) is 10.8. The summed E-state index contributed by atoms with van der Waals surface area (Å²) in [4.78, 5) is 26.9. The number of aromatic nitrogens is 2. The first-order chi connectivity index (χ1) is 15.0. The van der Waals surface area contributed by atoms with Gasteiger partial charge < -0.3 is 10.6 Å². The molecule has 3 N–H and O–H groups in total. The van der Waals surface area contributed by atoms with E-state index in [1.165, 1.54) is 6.07 Å². The van der Waals surface area contributed by atoms with Crippen LogP contribution >= 0.6 is 0 Å². The number of H-pyrrole nitrogens is 1. The number of benzene rings is 2. The van der Waals surface area contributed by atoms with Gasteiger partial charge in [-0.2, -0.15) is 5.10 Å². The molecule has 1 saturated heterocycles. The Balaban J connectivity index is 1.41. The number of aromatic amines is 1. The largest absolute Gasteiger partial charge is 0.338 e. The van der Waals surface area contributed by atoms with Crippen LogP contribution in [0.5, 0.6) is 0 Å². The number of halogens is 1. The SMILES string of the molecule is NC1CCC2CN(C(=O)c3cc(Cc4n[nH]c(=O)c5ccccc45)ccc3F)CC2C1. The molecule has 3 atom stereocenters. The molecule has 0 bridgehead atoms. The number of fused-ring (bicyclic) bond motifs is 2. The van der Waals surface area contributed by atoms with Crippen molar-refractivity contribution < 1.29 is 9.18 Å². The molecule has 5 rings (SSSR count). The molecule has 0 radical (unpaired) electrons. The van der Waals surface area contributed by atoms with Crippen molar-refractivity contribution in [2.24, 2.45) is 17.6 Å². The number of rotatable bonds is 3. The summed E-state index contributed by atoms with van der Waals surface area (Å²) in [7, 11) is 0. The molecule has 31 heavy (non-hydrogen) atoms. The third kappa shape index (κ3) is 3.74. The third-order valence-electron chi connectivity index (χ3n) is 6.79. The summed E-state index contributed by atoms with van der Waals surface area (Å²) in [6.07, 6.45) is 3.34. The summed E-state index contributed by atoms with van der Waals surface area (Å²) in [5.41, 5.74) is 7.40. The molecule has 6 nitrogen and oxygen atoms in total. The quantitative estimate of drug-likeness (QED) is 0.682. The number of carbonyl (C=O) groups excluding carboxylic acids is 1. The fourth-order valence-electron chi connectivity index (χ4n) is 5.15. The highest BCUT2D eigenvalue weighted by molar-refractivity contribution is 5.95. The molecule has 2 aliphatic rings. The lowest BCUT2D eigenvalue weighted by molar-refractivity contribution is 0.0779. The van der Waals surface area contributed by atoms with Crippen LogP contribution in [-0.2, 0) is 6.42 Å². The van der Waals surface area contributed by atoms with Gasteiger partial charge in [-0.05, 0) is 54.9 Å². The molecule has 0 spiro atoms. The number of carbonyl (C=O) groups is 1. The van der Waals surface area contributed by atoms with E-state index in [1.54, 1.807) is 29.2 Å². The van der Waals surface area contributed by atoms with E-state index >= 15 is 0 Å². The Hall–Kier alpha value is -3.06. The third-order valence-corrected chi connectivity index (χ3v) is 6.79. The molecule has 1 amide bonds. The highest BCUT2D eigenvalue weighted by Crippen LogP contribution is 2.36. The van der Waals surface area contributed by atoms with Crippen LogP contribution in [0.2, 0.25) is 0 Å². The Kier molecular flexibility index (Phi) is 5.06. The van der Waals surface area contributed by atoms with Gasteiger partial charge in [0.05, 0.1) is 16.6 Å². The molecule has 1 aromatic heterocycles. The lowest BCUT2D eigenvalue weighted by Crippen LogP contribution is -2.32. The van der Waals surface area contributed by atoms with Crippen LogP contribution in [0.15, 0.2) is 47.3 Å². The van der Waals surface area contributed by atoms with E-state index in [2.05, 4.69) is 10.2 Å². The Morgan fingerprint density at radius 3 is 2.74 bits per heavy atom. The second-order valence-corrected chi connectivity index (χ2v) is 8.84. The van der Waals surface area contributed by atoms with Crippen molar-refractivity contribution in [3.05, 3.63) is 75.5 Å². The minimum absolute atomic E-state index is 0.0918. The highest BCUT2D eigenvalue weighted by Gasteiger charge is 2.39. The van der Waals surface area contributed by atoms with Crippen molar-refractivity contribution in [1.29, 1.82) is 0 Å². The average molecular weight is 420 g/mol. The maximum absolute atomic E-state index is 14.6. The van der Waals surface area contributed by atoms with Gasteiger partial charge in [0.1, 0.15) is 5.82 Å². The molecule has 1 aliphatic carbocycles. The fourth-order valence-corrected chi connectivity index (χ4v) is 5.15. The topological polar surface area (TPSA) is 92.1 Å². The number of amides is 1. The molecule has 2 fully saturated rings. The van der Waals surface area contributed by atoms with E-state index in [1.807, 2.05) is 12.1 Å². The smallest absolute Gasteiger partial charge is 0.272 e. The minimum Gasteiger partial charge on any atom is -0.338 e. The number of nitrogens with one attached hydrogen (secondary N) is 1. The number of hydrogen-bond acceptors (Lipinski definition) is 4. The van der Waals surface area contributed by atoms with E-state index in [-0.39, 0.29) is 23.1 Å². The molecule has 7 heteroatoms. The van der Waals surface area contributed by atoms with Crippen molar-refractivity contribution in [2.45, 2.75) is 31.7 Å². The zero-order valence-corrected chi connectivity index (χ0v) is 17.2. The molecule has 1 saturated carbocycles. The highest BCUT2D eigenvalue weighted by atomic mass is 19.1. The number of hydrogen-bond donors (Lipinski definition) is 2. The van der Waals surface area contributed by atoms with E-state index in [9.17, 15) is 14.0 Å². The summed E-state index contributed by atoms with van der Waals surface area (Å²) in [5.74, 6) is 0.101. The molecule has 160 valence electrons. The van der Waals surface area contributed by atoms with E-state index < -0.39 is 5.82 Å². The predicted molar refractivity (Wildman–Crippen MR) is 116 cm³/mol. The van der Waals surface area contributed by atoms with Gasteiger partial charge in [-0.3, -0.25) is 9.59 Å². The van der Waals surface area contributed by atoms with Gasteiger partial charge in [0.2, 0.25) is 0 Å².